The minimum atomic E-state index is -0.932. The van der Waals surface area contributed by atoms with E-state index in [1.165, 1.54) is 32.3 Å². The van der Waals surface area contributed by atoms with Gasteiger partial charge < -0.3 is 18.9 Å². The standard InChI is InChI=1S/C22H27N3O9/c1-12(26)31-11-17-16(32-13(2)27)9-18(33-17)25-10-14(19(28)23-20(25)29)15-7-6-8-24(15)21(30)34-22(3,4)5/h6-8,10,16-18H,9,11H2,1-5H3,(H,23,28,29)/t16?,17-,18-/m1/s1. The monoisotopic (exact) mass is 477 g/mol. The number of nitrogens with one attached hydrogen (secondary N) is 1. The Kier molecular flexibility index (Phi) is 7.10. The molecule has 0 saturated carbocycles. The molecule has 1 N–H and O–H groups in total. The Hall–Kier alpha value is -3.67. The number of hydrogen-bond donors (Lipinski definition) is 1. The number of carbonyl (C=O) groups is 3. The van der Waals surface area contributed by atoms with E-state index in [-0.39, 0.29) is 24.3 Å². The number of esters is 2. The van der Waals surface area contributed by atoms with Crippen molar-refractivity contribution in [1.29, 1.82) is 0 Å². The molecule has 1 fully saturated rings. The van der Waals surface area contributed by atoms with Gasteiger partial charge in [0.05, 0.1) is 11.3 Å². The van der Waals surface area contributed by atoms with Crippen LogP contribution in [-0.4, -0.2) is 56.6 Å². The number of aromatic amines is 1. The molecule has 1 unspecified atom stereocenters. The van der Waals surface area contributed by atoms with Crippen molar-refractivity contribution in [2.24, 2.45) is 0 Å². The zero-order valence-corrected chi connectivity index (χ0v) is 19.5. The van der Waals surface area contributed by atoms with Gasteiger partial charge in [-0.1, -0.05) is 0 Å². The topological polar surface area (TPSA) is 148 Å². The molecule has 0 radical (unpaired) electrons. The number of rotatable bonds is 5. The van der Waals surface area contributed by atoms with E-state index in [1.807, 2.05) is 0 Å². The van der Waals surface area contributed by atoms with E-state index >= 15 is 0 Å². The van der Waals surface area contributed by atoms with Crippen LogP contribution in [0.2, 0.25) is 0 Å². The van der Waals surface area contributed by atoms with Crippen LogP contribution in [0.5, 0.6) is 0 Å². The van der Waals surface area contributed by atoms with Gasteiger partial charge in [-0.25, -0.2) is 9.59 Å². The molecule has 34 heavy (non-hydrogen) atoms. The van der Waals surface area contributed by atoms with Gasteiger partial charge in [0.1, 0.15) is 30.6 Å². The molecule has 2 aromatic rings. The number of hydrogen-bond acceptors (Lipinski definition) is 9. The lowest BCUT2D eigenvalue weighted by molar-refractivity contribution is -0.155. The molecule has 0 bridgehead atoms. The third-order valence-corrected chi connectivity index (χ3v) is 4.84. The SMILES string of the molecule is CC(=O)OC[C@H]1O[C@@H](n2cc(-c3cccn3C(=O)OC(C)(C)C)c(=O)[nH]c2=O)CC1OC(C)=O. The fourth-order valence-electron chi connectivity index (χ4n) is 3.51. The Bertz CT molecular complexity index is 1200. The van der Waals surface area contributed by atoms with Crippen molar-refractivity contribution in [3.8, 4) is 11.3 Å². The van der Waals surface area contributed by atoms with Crippen LogP contribution >= 0.6 is 0 Å². The van der Waals surface area contributed by atoms with Gasteiger partial charge in [0.25, 0.3) is 5.56 Å². The average molecular weight is 477 g/mol. The summed E-state index contributed by atoms with van der Waals surface area (Å²) in [7, 11) is 0. The van der Waals surface area contributed by atoms with Crippen molar-refractivity contribution >= 4 is 18.0 Å². The van der Waals surface area contributed by atoms with Crippen molar-refractivity contribution in [2.75, 3.05) is 6.61 Å². The average Bonchev–Trinajstić information content (AvgIpc) is 3.32. The second-order valence-corrected chi connectivity index (χ2v) is 8.77. The molecule has 0 aliphatic carbocycles. The molecule has 1 aliphatic rings. The van der Waals surface area contributed by atoms with E-state index in [9.17, 15) is 24.0 Å². The molecule has 12 heteroatoms. The second-order valence-electron chi connectivity index (χ2n) is 8.77. The number of carbonyl (C=O) groups excluding carboxylic acids is 3. The predicted octanol–water partition coefficient (Wildman–Crippen LogP) is 1.57. The lowest BCUT2D eigenvalue weighted by atomic mass is 10.2. The van der Waals surface area contributed by atoms with Crippen molar-refractivity contribution in [3.05, 3.63) is 45.4 Å². The first-order valence-corrected chi connectivity index (χ1v) is 10.6. The van der Waals surface area contributed by atoms with Crippen LogP contribution < -0.4 is 11.2 Å². The van der Waals surface area contributed by atoms with E-state index in [2.05, 4.69) is 4.98 Å². The Morgan fingerprint density at radius 2 is 1.88 bits per heavy atom. The molecule has 0 amide bonds. The molecule has 1 aliphatic heterocycles. The lowest BCUT2D eigenvalue weighted by Gasteiger charge is -2.20. The zero-order chi connectivity index (χ0) is 25.2. The molecule has 1 saturated heterocycles. The number of aromatic nitrogens is 3. The van der Waals surface area contributed by atoms with Crippen molar-refractivity contribution in [3.63, 3.8) is 0 Å². The summed E-state index contributed by atoms with van der Waals surface area (Å²) in [6.07, 6.45) is -0.446. The number of ether oxygens (including phenoxy) is 4. The number of nitrogens with zero attached hydrogens (tertiary/aromatic N) is 2. The minimum Gasteiger partial charge on any atom is -0.463 e. The first-order chi connectivity index (χ1) is 15.9. The van der Waals surface area contributed by atoms with Gasteiger partial charge in [-0.15, -0.1) is 0 Å². The third kappa shape index (κ3) is 5.81. The van der Waals surface area contributed by atoms with Crippen LogP contribution in [0.25, 0.3) is 11.3 Å². The zero-order valence-electron chi connectivity index (χ0n) is 19.5. The smallest absolute Gasteiger partial charge is 0.418 e. The summed E-state index contributed by atoms with van der Waals surface area (Å²) in [5, 5.41) is 0. The minimum absolute atomic E-state index is 0.0199. The second kappa shape index (κ2) is 9.67. The van der Waals surface area contributed by atoms with E-state index in [4.69, 9.17) is 18.9 Å². The van der Waals surface area contributed by atoms with Gasteiger partial charge >= 0.3 is 23.7 Å². The van der Waals surface area contributed by atoms with Crippen molar-refractivity contribution in [1.82, 2.24) is 14.1 Å². The van der Waals surface area contributed by atoms with Crippen LogP contribution in [0, 0.1) is 0 Å². The quantitative estimate of drug-likeness (QED) is 0.500. The van der Waals surface area contributed by atoms with E-state index < -0.39 is 53.3 Å². The summed E-state index contributed by atoms with van der Waals surface area (Å²) in [5.41, 5.74) is -2.01. The Labute approximate surface area is 194 Å². The summed E-state index contributed by atoms with van der Waals surface area (Å²) in [6.45, 7) is 7.41. The Morgan fingerprint density at radius 3 is 2.50 bits per heavy atom. The highest BCUT2D eigenvalue weighted by Crippen LogP contribution is 2.31. The molecular formula is C22H27N3O9. The molecule has 3 heterocycles. The van der Waals surface area contributed by atoms with E-state index in [0.717, 1.165) is 9.13 Å². The molecule has 0 spiro atoms. The highest BCUT2D eigenvalue weighted by molar-refractivity contribution is 5.78. The van der Waals surface area contributed by atoms with E-state index in [1.54, 1.807) is 26.8 Å². The van der Waals surface area contributed by atoms with Gasteiger partial charge in [0.2, 0.25) is 0 Å². The molecule has 3 rings (SSSR count). The van der Waals surface area contributed by atoms with Gasteiger partial charge in [-0.3, -0.25) is 28.5 Å². The first kappa shape index (κ1) is 25.0. The van der Waals surface area contributed by atoms with Crippen molar-refractivity contribution in [2.45, 2.75) is 65.1 Å². The summed E-state index contributed by atoms with van der Waals surface area (Å²) in [5.74, 6) is -1.10. The summed E-state index contributed by atoms with van der Waals surface area (Å²) in [4.78, 5) is 62.7. The summed E-state index contributed by atoms with van der Waals surface area (Å²) < 4.78 is 23.7. The van der Waals surface area contributed by atoms with E-state index in [0.29, 0.717) is 0 Å². The Balaban J connectivity index is 1.96. The largest absolute Gasteiger partial charge is 0.463 e. The third-order valence-electron chi connectivity index (χ3n) is 4.84. The predicted molar refractivity (Wildman–Crippen MR) is 117 cm³/mol. The molecule has 0 aromatic carbocycles. The maximum Gasteiger partial charge on any atom is 0.418 e. The fourth-order valence-corrected chi connectivity index (χ4v) is 3.51. The molecule has 2 aromatic heterocycles. The van der Waals surface area contributed by atoms with Crippen LogP contribution in [-0.2, 0) is 28.5 Å². The molecule has 3 atom stereocenters. The van der Waals surface area contributed by atoms with Gasteiger partial charge in [0, 0.05) is 32.7 Å². The van der Waals surface area contributed by atoms with Gasteiger partial charge in [0.15, 0.2) is 0 Å². The highest BCUT2D eigenvalue weighted by Gasteiger charge is 2.40. The molecule has 12 nitrogen and oxygen atoms in total. The highest BCUT2D eigenvalue weighted by atomic mass is 16.6. The maximum atomic E-state index is 12.6. The van der Waals surface area contributed by atoms with Crippen molar-refractivity contribution < 1.29 is 33.3 Å². The summed E-state index contributed by atoms with van der Waals surface area (Å²) >= 11 is 0. The Morgan fingerprint density at radius 1 is 1.18 bits per heavy atom. The first-order valence-electron chi connectivity index (χ1n) is 10.6. The molecular weight excluding hydrogens is 450 g/mol. The number of H-pyrrole nitrogens is 1. The van der Waals surface area contributed by atoms with Crippen LogP contribution in [0.15, 0.2) is 34.1 Å². The normalized spacial score (nSPS) is 20.1. The molecule has 184 valence electrons. The van der Waals surface area contributed by atoms with Crippen LogP contribution in [0.1, 0.15) is 47.3 Å². The van der Waals surface area contributed by atoms with Gasteiger partial charge in [-0.05, 0) is 32.9 Å². The van der Waals surface area contributed by atoms with Gasteiger partial charge in [-0.2, -0.15) is 0 Å². The van der Waals surface area contributed by atoms with Crippen LogP contribution in [0.4, 0.5) is 4.79 Å². The maximum absolute atomic E-state index is 12.6. The van der Waals surface area contributed by atoms with Crippen LogP contribution in [0.3, 0.4) is 0 Å². The fraction of sp³-hybridized carbons (Fsp3) is 0.500. The lowest BCUT2D eigenvalue weighted by Crippen LogP contribution is -2.34. The summed E-state index contributed by atoms with van der Waals surface area (Å²) in [6, 6.07) is 3.09.